The Hall–Kier alpha value is -2.14. The second-order valence-electron chi connectivity index (χ2n) is 13.5. The minimum atomic E-state index is -2.21. The molecule has 0 aromatic heterocycles. The summed E-state index contributed by atoms with van der Waals surface area (Å²) in [7, 11) is 1.40. The molecule has 5 aliphatic heterocycles. The molecule has 38 heavy (non-hydrogen) atoms. The Balaban J connectivity index is 1.40. The first-order valence-electron chi connectivity index (χ1n) is 13.6. The van der Waals surface area contributed by atoms with Gasteiger partial charge in [-0.3, -0.25) is 14.4 Å². The fraction of sp³-hybridized carbons (Fsp3) is 0.786. The second kappa shape index (κ2) is 6.27. The number of fused-ring (bicyclic) bond motifs is 8. The Morgan fingerprint density at radius 1 is 1.08 bits per heavy atom. The summed E-state index contributed by atoms with van der Waals surface area (Å²) in [6.07, 6.45) is 3.69. The van der Waals surface area contributed by atoms with Crippen molar-refractivity contribution in [2.24, 2.45) is 28.6 Å². The van der Waals surface area contributed by atoms with Gasteiger partial charge in [0.15, 0.2) is 28.4 Å². The number of ketones is 2. The number of hydrogen-bond donors (Lipinski definition) is 1. The van der Waals surface area contributed by atoms with Crippen LogP contribution in [0.15, 0.2) is 12.2 Å². The van der Waals surface area contributed by atoms with Gasteiger partial charge in [0.1, 0.15) is 11.7 Å². The average molecular weight is 529 g/mol. The normalized spacial score (nSPS) is 61.0. The number of esters is 2. The standard InChI is InChI=1S/C28H32O10/c1-22-11-17(35-18(30)12-22)24(3)28-19(22)20(31)27(34-4,38-28)14-10-16-26(36-16)8-5-6-15(29)23(26,2)13(14)7-9-25(28,33)21(32)37-24/h5-6,13-14,16-17,19,33H,7-12H2,1-4H3/t13?,14?,16?,17-,19?,22-,23+,24+,25-,26?,27-,28+/m1/s1. The average Bonchev–Trinajstić information content (AvgIpc) is 3.43. The van der Waals surface area contributed by atoms with Gasteiger partial charge in [0.2, 0.25) is 5.79 Å². The summed E-state index contributed by atoms with van der Waals surface area (Å²) in [6.45, 7) is 5.30. The van der Waals surface area contributed by atoms with E-state index in [1.165, 1.54) is 7.11 Å². The van der Waals surface area contributed by atoms with E-state index in [-0.39, 0.29) is 37.6 Å². The van der Waals surface area contributed by atoms with E-state index >= 15 is 0 Å². The molecule has 5 saturated heterocycles. The highest BCUT2D eigenvalue weighted by atomic mass is 16.7. The molecule has 0 amide bonds. The number of methoxy groups -OCH3 is 1. The van der Waals surface area contributed by atoms with Crippen molar-refractivity contribution in [3.05, 3.63) is 12.2 Å². The summed E-state index contributed by atoms with van der Waals surface area (Å²) in [5.74, 6) is -5.89. The molecule has 0 aromatic carbocycles. The van der Waals surface area contributed by atoms with Gasteiger partial charge >= 0.3 is 11.9 Å². The number of Topliss-reactive ketones (excluding diaryl/α,β-unsaturated/α-hetero) is 1. The Morgan fingerprint density at radius 3 is 2.58 bits per heavy atom. The summed E-state index contributed by atoms with van der Waals surface area (Å²) >= 11 is 0. The van der Waals surface area contributed by atoms with Crippen molar-refractivity contribution in [1.29, 1.82) is 0 Å². The maximum Gasteiger partial charge on any atom is 0.342 e. The van der Waals surface area contributed by atoms with E-state index in [4.69, 9.17) is 23.7 Å². The lowest BCUT2D eigenvalue weighted by molar-refractivity contribution is -0.350. The first kappa shape index (κ1) is 23.7. The molecule has 8 rings (SSSR count). The zero-order chi connectivity index (χ0) is 26.9. The van der Waals surface area contributed by atoms with Crippen LogP contribution >= 0.6 is 0 Å². The first-order valence-corrected chi connectivity index (χ1v) is 13.6. The van der Waals surface area contributed by atoms with Crippen molar-refractivity contribution in [3.8, 4) is 0 Å². The maximum atomic E-state index is 14.9. The number of rotatable bonds is 1. The van der Waals surface area contributed by atoms with Gasteiger partial charge in [0.25, 0.3) is 0 Å². The van der Waals surface area contributed by atoms with Crippen LogP contribution in [-0.4, -0.2) is 76.1 Å². The van der Waals surface area contributed by atoms with Gasteiger partial charge in [-0.2, -0.15) is 0 Å². The quantitative estimate of drug-likeness (QED) is 0.390. The zero-order valence-electron chi connectivity index (χ0n) is 21.9. The van der Waals surface area contributed by atoms with Gasteiger partial charge in [-0.25, -0.2) is 4.79 Å². The fourth-order valence-electron chi connectivity index (χ4n) is 10.5. The van der Waals surface area contributed by atoms with E-state index in [1.54, 1.807) is 13.0 Å². The largest absolute Gasteiger partial charge is 0.458 e. The molecule has 2 spiro atoms. The molecule has 3 aliphatic carbocycles. The van der Waals surface area contributed by atoms with Gasteiger partial charge in [0.05, 0.1) is 23.9 Å². The molecule has 5 heterocycles. The number of epoxide rings is 1. The van der Waals surface area contributed by atoms with Crippen molar-refractivity contribution < 1.29 is 48.0 Å². The van der Waals surface area contributed by atoms with Crippen LogP contribution < -0.4 is 0 Å². The third kappa shape index (κ3) is 2.01. The second-order valence-corrected chi connectivity index (χ2v) is 13.5. The monoisotopic (exact) mass is 528 g/mol. The molecule has 8 aliphatic rings. The molecule has 1 N–H and O–H groups in total. The highest BCUT2D eigenvalue weighted by Crippen LogP contribution is 2.75. The van der Waals surface area contributed by atoms with E-state index in [0.717, 1.165) is 0 Å². The molecule has 204 valence electrons. The first-order chi connectivity index (χ1) is 17.8. The van der Waals surface area contributed by atoms with Crippen LogP contribution in [-0.2, 0) is 42.9 Å². The van der Waals surface area contributed by atoms with Crippen LogP contribution in [0.5, 0.6) is 0 Å². The highest BCUT2D eigenvalue weighted by Gasteiger charge is 2.92. The third-order valence-corrected chi connectivity index (χ3v) is 12.3. The number of allylic oxidation sites excluding steroid dienone is 1. The van der Waals surface area contributed by atoms with Crippen molar-refractivity contribution in [3.63, 3.8) is 0 Å². The lowest BCUT2D eigenvalue weighted by atomic mass is 9.48. The Bertz CT molecular complexity index is 1290. The summed E-state index contributed by atoms with van der Waals surface area (Å²) in [6, 6.07) is 0. The van der Waals surface area contributed by atoms with Gasteiger partial charge in [-0.05, 0) is 63.4 Å². The van der Waals surface area contributed by atoms with Crippen LogP contribution in [0.1, 0.15) is 59.3 Å². The van der Waals surface area contributed by atoms with E-state index in [9.17, 15) is 24.3 Å². The predicted molar refractivity (Wildman–Crippen MR) is 124 cm³/mol. The SMILES string of the molecule is CO[C@]12O[C@@]34C(C1=O)[C@@]1(C)CC(=O)O[C@H](C1)[C@]3(C)OC(=O)[C@]4(O)CCC1C2CC2OC23CC=CC(=O)[C@]13C. The number of aliphatic hydroxyl groups is 1. The Morgan fingerprint density at radius 2 is 1.84 bits per heavy atom. The smallest absolute Gasteiger partial charge is 0.342 e. The number of carbonyl (C=O) groups excluding carboxylic acids is 4. The van der Waals surface area contributed by atoms with E-state index in [1.807, 2.05) is 19.9 Å². The summed E-state index contributed by atoms with van der Waals surface area (Å²) < 4.78 is 31.0. The van der Waals surface area contributed by atoms with Crippen molar-refractivity contribution >= 4 is 23.5 Å². The molecule has 4 bridgehead atoms. The van der Waals surface area contributed by atoms with Gasteiger partial charge < -0.3 is 28.8 Å². The van der Waals surface area contributed by atoms with Gasteiger partial charge in [-0.15, -0.1) is 0 Å². The van der Waals surface area contributed by atoms with Crippen molar-refractivity contribution in [1.82, 2.24) is 0 Å². The molecule has 12 atom stereocenters. The van der Waals surface area contributed by atoms with E-state index in [0.29, 0.717) is 12.8 Å². The minimum Gasteiger partial charge on any atom is -0.458 e. The molecule has 10 nitrogen and oxygen atoms in total. The summed E-state index contributed by atoms with van der Waals surface area (Å²) in [4.78, 5) is 55.0. The van der Waals surface area contributed by atoms with Gasteiger partial charge in [0, 0.05) is 13.0 Å². The topological polar surface area (TPSA) is 138 Å². The molecule has 0 aromatic rings. The molecular weight excluding hydrogens is 496 g/mol. The Kier molecular flexibility index (Phi) is 3.91. The lowest BCUT2D eigenvalue weighted by Gasteiger charge is -2.60. The van der Waals surface area contributed by atoms with Crippen molar-refractivity contribution in [2.75, 3.05) is 7.11 Å². The zero-order valence-corrected chi connectivity index (χ0v) is 21.9. The van der Waals surface area contributed by atoms with Gasteiger partial charge in [-0.1, -0.05) is 13.0 Å². The highest BCUT2D eigenvalue weighted by molar-refractivity contribution is 6.00. The number of carbonyl (C=O) groups is 4. The Labute approximate surface area is 219 Å². The summed E-state index contributed by atoms with van der Waals surface area (Å²) in [5, 5.41) is 12.4. The maximum absolute atomic E-state index is 14.9. The molecule has 10 heteroatoms. The number of ether oxygens (including phenoxy) is 5. The predicted octanol–water partition coefficient (Wildman–Crippen LogP) is 1.16. The van der Waals surface area contributed by atoms with Crippen LogP contribution in [0.3, 0.4) is 0 Å². The van der Waals surface area contributed by atoms with Crippen LogP contribution in [0, 0.1) is 28.6 Å². The third-order valence-electron chi connectivity index (χ3n) is 12.3. The van der Waals surface area contributed by atoms with E-state index < -0.39 is 80.6 Å². The minimum absolute atomic E-state index is 0.0604. The van der Waals surface area contributed by atoms with E-state index in [2.05, 4.69) is 0 Å². The fourth-order valence-corrected chi connectivity index (χ4v) is 10.5. The van der Waals surface area contributed by atoms with Crippen LogP contribution in [0.2, 0.25) is 0 Å². The molecule has 0 radical (unpaired) electrons. The molecular formula is C28H32O10. The summed E-state index contributed by atoms with van der Waals surface area (Å²) in [5.41, 5.74) is -8.29. The molecule has 5 unspecified atom stereocenters. The van der Waals surface area contributed by atoms with Crippen LogP contribution in [0.4, 0.5) is 0 Å². The lowest BCUT2D eigenvalue weighted by Crippen LogP contribution is -2.77. The van der Waals surface area contributed by atoms with Crippen molar-refractivity contribution in [2.45, 2.75) is 99.7 Å². The number of hydrogen-bond acceptors (Lipinski definition) is 10. The molecule has 2 saturated carbocycles. The molecule has 7 fully saturated rings. The van der Waals surface area contributed by atoms with Crippen LogP contribution in [0.25, 0.3) is 0 Å².